The van der Waals surface area contributed by atoms with Crippen molar-refractivity contribution < 1.29 is 19.4 Å². The molecule has 2 atom stereocenters. The van der Waals surface area contributed by atoms with Crippen molar-refractivity contribution in [3.63, 3.8) is 0 Å². The Labute approximate surface area is 159 Å². The minimum absolute atomic E-state index is 0.161. The van der Waals surface area contributed by atoms with Crippen LogP contribution < -0.4 is 10.1 Å². The summed E-state index contributed by atoms with van der Waals surface area (Å²) in [6.45, 7) is 0.899. The number of hydrogen-bond donors (Lipinski definition) is 2. The molecule has 5 heteroatoms. The molecule has 0 spiro atoms. The van der Waals surface area contributed by atoms with Gasteiger partial charge in [0.2, 0.25) is 5.91 Å². The number of rotatable bonds is 7. The third-order valence-electron chi connectivity index (χ3n) is 5.06. The van der Waals surface area contributed by atoms with Gasteiger partial charge >= 0.3 is 5.97 Å². The highest BCUT2D eigenvalue weighted by atomic mass is 16.5. The van der Waals surface area contributed by atoms with E-state index in [1.807, 2.05) is 54.6 Å². The van der Waals surface area contributed by atoms with Gasteiger partial charge in [0.05, 0.1) is 11.8 Å². The highest BCUT2D eigenvalue weighted by Crippen LogP contribution is 2.30. The van der Waals surface area contributed by atoms with Crippen LogP contribution in [0.5, 0.6) is 5.75 Å². The first-order valence-electron chi connectivity index (χ1n) is 9.39. The number of aliphatic carboxylic acids is 1. The van der Waals surface area contributed by atoms with Crippen LogP contribution in [0.25, 0.3) is 0 Å². The van der Waals surface area contributed by atoms with E-state index in [1.54, 1.807) is 0 Å². The lowest BCUT2D eigenvalue weighted by atomic mass is 9.78. The molecule has 0 bridgehead atoms. The number of carboxylic acid groups (broad SMARTS) is 1. The molecule has 0 heterocycles. The summed E-state index contributed by atoms with van der Waals surface area (Å²) in [6.07, 6.45) is 3.02. The Bertz CT molecular complexity index is 758. The van der Waals surface area contributed by atoms with Crippen molar-refractivity contribution in [1.82, 2.24) is 5.32 Å². The third kappa shape index (κ3) is 5.33. The minimum Gasteiger partial charge on any atom is -0.489 e. The molecule has 1 fully saturated rings. The van der Waals surface area contributed by atoms with Gasteiger partial charge in [-0.25, -0.2) is 0 Å². The first kappa shape index (κ1) is 19.0. The molecule has 0 radical (unpaired) electrons. The lowest BCUT2D eigenvalue weighted by Gasteiger charge is -2.27. The second kappa shape index (κ2) is 9.21. The number of nitrogens with one attached hydrogen (secondary N) is 1. The van der Waals surface area contributed by atoms with Crippen LogP contribution in [-0.4, -0.2) is 17.0 Å². The highest BCUT2D eigenvalue weighted by Gasteiger charge is 2.35. The van der Waals surface area contributed by atoms with Crippen LogP contribution in [0.15, 0.2) is 54.6 Å². The quantitative estimate of drug-likeness (QED) is 0.781. The van der Waals surface area contributed by atoms with Gasteiger partial charge in [0, 0.05) is 6.54 Å². The van der Waals surface area contributed by atoms with Crippen LogP contribution >= 0.6 is 0 Å². The van der Waals surface area contributed by atoms with Crippen LogP contribution in [0.2, 0.25) is 0 Å². The smallest absolute Gasteiger partial charge is 0.307 e. The molecule has 5 nitrogen and oxygen atoms in total. The standard InChI is InChI=1S/C22H25NO4/c24-21(19-8-4-5-9-20(19)22(25)26)23-14-16-10-12-18(13-11-16)27-15-17-6-2-1-3-7-17/h1-3,6-7,10-13,19-20H,4-5,8-9,14-15H2,(H,23,24)(H,25,26). The lowest BCUT2D eigenvalue weighted by Crippen LogP contribution is -2.39. The fraction of sp³-hybridized carbons (Fsp3) is 0.364. The second-order valence-corrected chi connectivity index (χ2v) is 6.97. The van der Waals surface area contributed by atoms with Crippen LogP contribution in [0, 0.1) is 11.8 Å². The Morgan fingerprint density at radius 2 is 1.59 bits per heavy atom. The average molecular weight is 367 g/mol. The van der Waals surface area contributed by atoms with E-state index in [0.717, 1.165) is 29.7 Å². The maximum atomic E-state index is 12.4. The van der Waals surface area contributed by atoms with Gasteiger partial charge in [0.25, 0.3) is 0 Å². The number of carboxylic acids is 1. The maximum absolute atomic E-state index is 12.4. The van der Waals surface area contributed by atoms with Gasteiger partial charge in [-0.2, -0.15) is 0 Å². The van der Waals surface area contributed by atoms with Gasteiger partial charge in [-0.05, 0) is 36.1 Å². The second-order valence-electron chi connectivity index (χ2n) is 6.97. The summed E-state index contributed by atoms with van der Waals surface area (Å²) >= 11 is 0. The molecule has 2 unspecified atom stereocenters. The number of benzene rings is 2. The Morgan fingerprint density at radius 1 is 0.926 bits per heavy atom. The maximum Gasteiger partial charge on any atom is 0.307 e. The zero-order valence-electron chi connectivity index (χ0n) is 15.3. The summed E-state index contributed by atoms with van der Waals surface area (Å²) in [7, 11) is 0. The third-order valence-corrected chi connectivity index (χ3v) is 5.06. The molecular formula is C22H25NO4. The van der Waals surface area contributed by atoms with Crippen molar-refractivity contribution in [2.75, 3.05) is 0 Å². The van der Waals surface area contributed by atoms with E-state index < -0.39 is 17.8 Å². The highest BCUT2D eigenvalue weighted by molar-refractivity contribution is 5.84. The molecule has 142 valence electrons. The summed E-state index contributed by atoms with van der Waals surface area (Å²) in [5.41, 5.74) is 2.06. The fourth-order valence-corrected chi connectivity index (χ4v) is 3.50. The molecule has 0 aliphatic heterocycles. The van der Waals surface area contributed by atoms with E-state index >= 15 is 0 Å². The SMILES string of the molecule is O=C(O)C1CCCCC1C(=O)NCc1ccc(OCc2ccccc2)cc1. The van der Waals surface area contributed by atoms with Crippen LogP contribution in [0.3, 0.4) is 0 Å². The van der Waals surface area contributed by atoms with E-state index in [2.05, 4.69) is 5.32 Å². The van der Waals surface area contributed by atoms with Gasteiger partial charge in [0.15, 0.2) is 0 Å². The summed E-state index contributed by atoms with van der Waals surface area (Å²) in [4.78, 5) is 23.8. The fourth-order valence-electron chi connectivity index (χ4n) is 3.50. The molecule has 0 aromatic heterocycles. The van der Waals surface area contributed by atoms with Crippen molar-refractivity contribution in [2.24, 2.45) is 11.8 Å². The largest absolute Gasteiger partial charge is 0.489 e. The molecule has 3 rings (SSSR count). The van der Waals surface area contributed by atoms with Gasteiger partial charge in [-0.1, -0.05) is 55.3 Å². The van der Waals surface area contributed by atoms with Gasteiger partial charge in [-0.15, -0.1) is 0 Å². The number of carbonyl (C=O) groups excluding carboxylic acids is 1. The van der Waals surface area contributed by atoms with Gasteiger partial charge in [0.1, 0.15) is 12.4 Å². The molecule has 2 N–H and O–H groups in total. The van der Waals surface area contributed by atoms with Crippen molar-refractivity contribution in [3.8, 4) is 5.75 Å². The molecule has 2 aromatic carbocycles. The first-order valence-corrected chi connectivity index (χ1v) is 9.39. The first-order chi connectivity index (χ1) is 13.1. The minimum atomic E-state index is -0.866. The van der Waals surface area contributed by atoms with Crippen molar-refractivity contribution >= 4 is 11.9 Å². The van der Waals surface area contributed by atoms with E-state index in [1.165, 1.54) is 0 Å². The zero-order valence-corrected chi connectivity index (χ0v) is 15.3. The molecule has 27 heavy (non-hydrogen) atoms. The topological polar surface area (TPSA) is 75.6 Å². The number of carbonyl (C=O) groups is 2. The molecule has 1 saturated carbocycles. The predicted molar refractivity (Wildman–Crippen MR) is 102 cm³/mol. The molecule has 1 amide bonds. The summed E-state index contributed by atoms with van der Waals surface area (Å²) in [6, 6.07) is 17.5. The Kier molecular flexibility index (Phi) is 6.47. The Balaban J connectivity index is 1.49. The molecule has 1 aliphatic carbocycles. The monoisotopic (exact) mass is 367 g/mol. The van der Waals surface area contributed by atoms with Gasteiger partial charge < -0.3 is 15.2 Å². The summed E-state index contributed by atoms with van der Waals surface area (Å²) in [5.74, 6) is -1.24. The zero-order chi connectivity index (χ0) is 19.1. The molecular weight excluding hydrogens is 342 g/mol. The summed E-state index contributed by atoms with van der Waals surface area (Å²) < 4.78 is 5.76. The van der Waals surface area contributed by atoms with E-state index in [-0.39, 0.29) is 5.91 Å². The van der Waals surface area contributed by atoms with Crippen LogP contribution in [0.1, 0.15) is 36.8 Å². The van der Waals surface area contributed by atoms with E-state index in [9.17, 15) is 14.7 Å². The normalized spacial score (nSPS) is 19.3. The molecule has 0 saturated heterocycles. The lowest BCUT2D eigenvalue weighted by molar-refractivity contribution is -0.148. The van der Waals surface area contributed by atoms with E-state index in [0.29, 0.717) is 26.0 Å². The predicted octanol–water partition coefficient (Wildman–Crippen LogP) is 3.77. The molecule has 2 aromatic rings. The van der Waals surface area contributed by atoms with Crippen LogP contribution in [-0.2, 0) is 22.7 Å². The van der Waals surface area contributed by atoms with Crippen LogP contribution in [0.4, 0.5) is 0 Å². The number of ether oxygens (including phenoxy) is 1. The summed E-state index contributed by atoms with van der Waals surface area (Å²) in [5, 5.41) is 12.2. The van der Waals surface area contributed by atoms with E-state index in [4.69, 9.17) is 4.74 Å². The van der Waals surface area contributed by atoms with Crippen molar-refractivity contribution in [1.29, 1.82) is 0 Å². The van der Waals surface area contributed by atoms with Crippen molar-refractivity contribution in [2.45, 2.75) is 38.8 Å². The Hall–Kier alpha value is -2.82. The average Bonchev–Trinajstić information content (AvgIpc) is 2.72. The van der Waals surface area contributed by atoms with Gasteiger partial charge in [-0.3, -0.25) is 9.59 Å². The number of hydrogen-bond acceptors (Lipinski definition) is 3. The molecule has 1 aliphatic rings. The Morgan fingerprint density at radius 3 is 2.26 bits per heavy atom. The number of amides is 1. The van der Waals surface area contributed by atoms with Crippen molar-refractivity contribution in [3.05, 3.63) is 65.7 Å².